The van der Waals surface area contributed by atoms with Crippen molar-refractivity contribution in [2.75, 3.05) is 0 Å². The van der Waals surface area contributed by atoms with Crippen LogP contribution in [0.2, 0.25) is 0 Å². The van der Waals surface area contributed by atoms with Gasteiger partial charge < -0.3 is 5.11 Å². The first-order chi connectivity index (χ1) is 5.33. The van der Waals surface area contributed by atoms with Gasteiger partial charge in [0.15, 0.2) is 0 Å². The van der Waals surface area contributed by atoms with Crippen LogP contribution < -0.4 is 0 Å². The van der Waals surface area contributed by atoms with Gasteiger partial charge in [0.2, 0.25) is 5.88 Å². The Morgan fingerprint density at radius 2 is 2.36 bits per heavy atom. The number of nitrogens with zero attached hydrogens (tertiary/aromatic N) is 1. The van der Waals surface area contributed by atoms with Crippen LogP contribution in [0.1, 0.15) is 31.1 Å². The van der Waals surface area contributed by atoms with Gasteiger partial charge in [-0.3, -0.25) is 0 Å². The standard InChI is InChI=1S/C8H13NOS/c1-2-3-4-5-7-6-8(10)9-11-7/h6H,2-5H2,1H3,(H,9,10). The number of aryl methyl sites for hydroxylation is 1. The summed E-state index contributed by atoms with van der Waals surface area (Å²) in [6.07, 6.45) is 4.77. The summed E-state index contributed by atoms with van der Waals surface area (Å²) >= 11 is 1.40. The van der Waals surface area contributed by atoms with Crippen molar-refractivity contribution in [1.29, 1.82) is 0 Å². The van der Waals surface area contributed by atoms with Crippen molar-refractivity contribution in [3.05, 3.63) is 10.9 Å². The lowest BCUT2D eigenvalue weighted by atomic mass is 10.2. The molecule has 0 bridgehead atoms. The largest absolute Gasteiger partial charge is 0.493 e. The lowest BCUT2D eigenvalue weighted by Gasteiger charge is -1.92. The maximum atomic E-state index is 8.91. The maximum absolute atomic E-state index is 8.91. The van der Waals surface area contributed by atoms with Crippen LogP contribution in [0, 0.1) is 0 Å². The fraction of sp³-hybridized carbons (Fsp3) is 0.625. The van der Waals surface area contributed by atoms with Gasteiger partial charge in [0.25, 0.3) is 0 Å². The van der Waals surface area contributed by atoms with E-state index in [1.165, 1.54) is 35.7 Å². The van der Waals surface area contributed by atoms with Crippen molar-refractivity contribution in [2.45, 2.75) is 32.6 Å². The van der Waals surface area contributed by atoms with Crippen LogP contribution in [0.4, 0.5) is 0 Å². The Bertz CT molecular complexity index is 210. The highest BCUT2D eigenvalue weighted by atomic mass is 32.1. The first kappa shape index (κ1) is 8.53. The summed E-state index contributed by atoms with van der Waals surface area (Å²) in [6.45, 7) is 2.18. The molecule has 0 fully saturated rings. The van der Waals surface area contributed by atoms with E-state index < -0.39 is 0 Å². The summed E-state index contributed by atoms with van der Waals surface area (Å²) in [7, 11) is 0. The highest BCUT2D eigenvalue weighted by Gasteiger charge is 1.98. The van der Waals surface area contributed by atoms with Gasteiger partial charge >= 0.3 is 0 Å². The summed E-state index contributed by atoms with van der Waals surface area (Å²) in [5, 5.41) is 8.91. The number of unbranched alkanes of at least 4 members (excludes halogenated alkanes) is 2. The van der Waals surface area contributed by atoms with Gasteiger partial charge in [-0.15, -0.1) is 0 Å². The van der Waals surface area contributed by atoms with Crippen molar-refractivity contribution in [3.8, 4) is 5.88 Å². The van der Waals surface area contributed by atoms with Crippen molar-refractivity contribution < 1.29 is 5.11 Å². The van der Waals surface area contributed by atoms with E-state index in [1.54, 1.807) is 6.07 Å². The number of hydrogen-bond acceptors (Lipinski definition) is 3. The third kappa shape index (κ3) is 2.89. The minimum atomic E-state index is 0.168. The molecule has 62 valence electrons. The van der Waals surface area contributed by atoms with Gasteiger partial charge in [-0.05, 0) is 24.4 Å². The van der Waals surface area contributed by atoms with Gasteiger partial charge in [-0.25, -0.2) is 0 Å². The van der Waals surface area contributed by atoms with Crippen LogP contribution in [-0.4, -0.2) is 9.48 Å². The van der Waals surface area contributed by atoms with E-state index in [1.807, 2.05) is 0 Å². The molecule has 0 aliphatic heterocycles. The topological polar surface area (TPSA) is 33.1 Å². The van der Waals surface area contributed by atoms with E-state index in [2.05, 4.69) is 11.3 Å². The highest BCUT2D eigenvalue weighted by Crippen LogP contribution is 2.17. The summed E-state index contributed by atoms with van der Waals surface area (Å²) in [5.41, 5.74) is 0. The molecule has 2 nitrogen and oxygen atoms in total. The van der Waals surface area contributed by atoms with Gasteiger partial charge in [0.1, 0.15) is 0 Å². The molecule has 1 aromatic heterocycles. The molecular formula is C8H13NOS. The summed E-state index contributed by atoms with van der Waals surface area (Å²) in [6, 6.07) is 1.75. The van der Waals surface area contributed by atoms with Crippen LogP contribution in [0.3, 0.4) is 0 Å². The van der Waals surface area contributed by atoms with Gasteiger partial charge in [0, 0.05) is 10.9 Å². The molecule has 0 amide bonds. The Balaban J connectivity index is 2.27. The van der Waals surface area contributed by atoms with E-state index in [0.29, 0.717) is 0 Å². The molecule has 11 heavy (non-hydrogen) atoms. The van der Waals surface area contributed by atoms with Crippen molar-refractivity contribution in [3.63, 3.8) is 0 Å². The second-order valence-corrected chi connectivity index (χ2v) is 3.50. The Hall–Kier alpha value is -0.570. The molecule has 0 spiro atoms. The number of aromatic hydroxyl groups is 1. The molecule has 0 aromatic carbocycles. The fourth-order valence-corrected chi connectivity index (χ4v) is 1.63. The molecule has 1 rings (SSSR count). The average molecular weight is 171 g/mol. The van der Waals surface area contributed by atoms with E-state index in [4.69, 9.17) is 5.11 Å². The van der Waals surface area contributed by atoms with Crippen molar-refractivity contribution in [2.24, 2.45) is 0 Å². The Morgan fingerprint density at radius 3 is 2.91 bits per heavy atom. The summed E-state index contributed by atoms with van der Waals surface area (Å²) in [5.74, 6) is 0.168. The Kier molecular flexibility index (Phi) is 3.36. The van der Waals surface area contributed by atoms with Gasteiger partial charge in [-0.1, -0.05) is 19.8 Å². The molecule has 3 heteroatoms. The molecule has 0 saturated heterocycles. The quantitative estimate of drug-likeness (QED) is 0.706. The second kappa shape index (κ2) is 4.34. The molecule has 0 unspecified atom stereocenters. The predicted octanol–water partition coefficient (Wildman–Crippen LogP) is 2.58. The monoisotopic (exact) mass is 171 g/mol. The zero-order chi connectivity index (χ0) is 8.10. The van der Waals surface area contributed by atoms with Crippen molar-refractivity contribution >= 4 is 11.5 Å². The van der Waals surface area contributed by atoms with Gasteiger partial charge in [-0.2, -0.15) is 4.37 Å². The van der Waals surface area contributed by atoms with Crippen LogP contribution in [0.25, 0.3) is 0 Å². The summed E-state index contributed by atoms with van der Waals surface area (Å²) in [4.78, 5) is 1.19. The number of hydrogen-bond donors (Lipinski definition) is 1. The first-order valence-electron chi connectivity index (χ1n) is 3.97. The average Bonchev–Trinajstić information content (AvgIpc) is 2.37. The van der Waals surface area contributed by atoms with E-state index in [0.717, 1.165) is 6.42 Å². The minimum absolute atomic E-state index is 0.168. The zero-order valence-corrected chi connectivity index (χ0v) is 7.52. The van der Waals surface area contributed by atoms with Crippen LogP contribution >= 0.6 is 11.5 Å². The molecule has 1 heterocycles. The molecule has 0 aliphatic carbocycles. The maximum Gasteiger partial charge on any atom is 0.222 e. The van der Waals surface area contributed by atoms with E-state index in [-0.39, 0.29) is 5.88 Å². The lowest BCUT2D eigenvalue weighted by molar-refractivity contribution is 0.459. The lowest BCUT2D eigenvalue weighted by Crippen LogP contribution is -1.78. The van der Waals surface area contributed by atoms with Crippen LogP contribution in [-0.2, 0) is 6.42 Å². The number of aromatic nitrogens is 1. The molecule has 1 aromatic rings. The van der Waals surface area contributed by atoms with Gasteiger partial charge in [0.05, 0.1) is 0 Å². The number of rotatable bonds is 4. The zero-order valence-electron chi connectivity index (χ0n) is 6.71. The minimum Gasteiger partial charge on any atom is -0.493 e. The predicted molar refractivity (Wildman–Crippen MR) is 47.0 cm³/mol. The van der Waals surface area contributed by atoms with Crippen LogP contribution in [0.15, 0.2) is 6.07 Å². The van der Waals surface area contributed by atoms with Crippen LogP contribution in [0.5, 0.6) is 5.88 Å². The van der Waals surface area contributed by atoms with E-state index in [9.17, 15) is 0 Å². The third-order valence-corrected chi connectivity index (χ3v) is 2.41. The smallest absolute Gasteiger partial charge is 0.222 e. The molecule has 0 radical (unpaired) electrons. The Morgan fingerprint density at radius 1 is 1.55 bits per heavy atom. The molecule has 0 aliphatic rings. The molecule has 0 atom stereocenters. The first-order valence-corrected chi connectivity index (χ1v) is 4.75. The highest BCUT2D eigenvalue weighted by molar-refractivity contribution is 7.05. The van der Waals surface area contributed by atoms with E-state index >= 15 is 0 Å². The molecule has 0 saturated carbocycles. The molecular weight excluding hydrogens is 158 g/mol. The fourth-order valence-electron chi connectivity index (χ4n) is 0.969. The molecule has 1 N–H and O–H groups in total. The second-order valence-electron chi connectivity index (χ2n) is 2.61. The Labute approximate surface area is 71.1 Å². The third-order valence-electron chi connectivity index (χ3n) is 1.57. The summed E-state index contributed by atoms with van der Waals surface area (Å²) < 4.78 is 3.79. The van der Waals surface area contributed by atoms with Crippen molar-refractivity contribution in [1.82, 2.24) is 4.37 Å². The normalized spacial score (nSPS) is 10.3. The SMILES string of the molecule is CCCCCc1cc(O)ns1.